The van der Waals surface area contributed by atoms with E-state index in [0.29, 0.717) is 23.1 Å². The Morgan fingerprint density at radius 3 is 3.00 bits per heavy atom. The standard InChI is InChI=1S/C12H19N7O/c1-18-4-3-5-19(2)9(7-18)11-15-12(20-17-11)8-6-14-16-10(8)13/h6,9H,3-5,7H2,1-2H3,(H3,13,14,16). The van der Waals surface area contributed by atoms with Gasteiger partial charge >= 0.3 is 0 Å². The van der Waals surface area contributed by atoms with Crippen LogP contribution in [0.5, 0.6) is 0 Å². The second-order valence-electron chi connectivity index (χ2n) is 5.27. The summed E-state index contributed by atoms with van der Waals surface area (Å²) in [4.78, 5) is 9.03. The molecular weight excluding hydrogens is 258 g/mol. The molecule has 1 atom stereocenters. The predicted molar refractivity (Wildman–Crippen MR) is 73.8 cm³/mol. The number of likely N-dealkylation sites (N-methyl/N-ethyl adjacent to an activating group) is 2. The lowest BCUT2D eigenvalue weighted by atomic mass is 10.2. The number of aromatic nitrogens is 4. The highest BCUT2D eigenvalue weighted by Crippen LogP contribution is 2.26. The Bertz CT molecular complexity index is 578. The van der Waals surface area contributed by atoms with E-state index < -0.39 is 0 Å². The van der Waals surface area contributed by atoms with Crippen LogP contribution in [-0.2, 0) is 0 Å². The Balaban J connectivity index is 1.87. The number of nitrogens with two attached hydrogens (primary N) is 1. The average molecular weight is 277 g/mol. The van der Waals surface area contributed by atoms with E-state index in [1.165, 1.54) is 0 Å². The van der Waals surface area contributed by atoms with Crippen LogP contribution in [0.4, 0.5) is 5.82 Å². The number of rotatable bonds is 2. The molecule has 1 unspecified atom stereocenters. The van der Waals surface area contributed by atoms with Crippen LogP contribution < -0.4 is 5.73 Å². The molecule has 1 fully saturated rings. The van der Waals surface area contributed by atoms with E-state index >= 15 is 0 Å². The van der Waals surface area contributed by atoms with Crippen molar-refractivity contribution < 1.29 is 4.52 Å². The number of aromatic amines is 1. The largest absolute Gasteiger partial charge is 0.383 e. The molecule has 1 aliphatic rings. The van der Waals surface area contributed by atoms with Gasteiger partial charge in [0, 0.05) is 6.54 Å². The first kappa shape index (κ1) is 13.1. The Hall–Kier alpha value is -1.93. The summed E-state index contributed by atoms with van der Waals surface area (Å²) < 4.78 is 5.32. The summed E-state index contributed by atoms with van der Waals surface area (Å²) in [5.41, 5.74) is 6.42. The maximum atomic E-state index is 5.77. The third kappa shape index (κ3) is 2.39. The van der Waals surface area contributed by atoms with E-state index in [0.717, 1.165) is 26.1 Å². The minimum Gasteiger partial charge on any atom is -0.383 e. The van der Waals surface area contributed by atoms with Gasteiger partial charge in [-0.15, -0.1) is 0 Å². The minimum atomic E-state index is 0.133. The van der Waals surface area contributed by atoms with Crippen LogP contribution in [0.3, 0.4) is 0 Å². The molecule has 0 bridgehead atoms. The predicted octanol–water partition coefficient (Wildman–Crippen LogP) is 0.350. The summed E-state index contributed by atoms with van der Waals surface area (Å²) in [5.74, 6) is 1.54. The van der Waals surface area contributed by atoms with Gasteiger partial charge in [0.2, 0.25) is 0 Å². The van der Waals surface area contributed by atoms with Crippen LogP contribution in [0, 0.1) is 0 Å². The molecule has 0 spiro atoms. The van der Waals surface area contributed by atoms with E-state index in [1.54, 1.807) is 6.20 Å². The maximum absolute atomic E-state index is 5.77. The van der Waals surface area contributed by atoms with Crippen LogP contribution in [0.25, 0.3) is 11.5 Å². The molecule has 3 rings (SSSR count). The summed E-state index contributed by atoms with van der Waals surface area (Å²) in [6.45, 7) is 2.99. The number of nitrogens with one attached hydrogen (secondary N) is 1. The number of nitrogens with zero attached hydrogens (tertiary/aromatic N) is 5. The molecule has 3 heterocycles. The van der Waals surface area contributed by atoms with E-state index in [2.05, 4.69) is 44.2 Å². The van der Waals surface area contributed by atoms with Crippen molar-refractivity contribution in [3.8, 4) is 11.5 Å². The van der Waals surface area contributed by atoms with Crippen LogP contribution in [0.1, 0.15) is 18.3 Å². The van der Waals surface area contributed by atoms with Gasteiger partial charge < -0.3 is 15.2 Å². The van der Waals surface area contributed by atoms with Crippen molar-refractivity contribution in [1.29, 1.82) is 0 Å². The highest BCUT2D eigenvalue weighted by Gasteiger charge is 2.27. The van der Waals surface area contributed by atoms with E-state index in [9.17, 15) is 0 Å². The van der Waals surface area contributed by atoms with Crippen molar-refractivity contribution in [2.45, 2.75) is 12.5 Å². The SMILES string of the molecule is CN1CCCN(C)C(c2noc(-c3cn[nH]c3N)n2)C1. The molecule has 0 radical (unpaired) electrons. The van der Waals surface area contributed by atoms with Gasteiger partial charge in [-0.1, -0.05) is 5.16 Å². The fourth-order valence-corrected chi connectivity index (χ4v) is 2.50. The minimum absolute atomic E-state index is 0.133. The number of hydrogen-bond acceptors (Lipinski definition) is 7. The van der Waals surface area contributed by atoms with Gasteiger partial charge in [-0.3, -0.25) is 10.00 Å². The number of H-pyrrole nitrogens is 1. The quantitative estimate of drug-likeness (QED) is 0.817. The molecule has 8 heteroatoms. The molecule has 0 saturated carbocycles. The monoisotopic (exact) mass is 277 g/mol. The lowest BCUT2D eigenvalue weighted by Crippen LogP contribution is -2.31. The zero-order chi connectivity index (χ0) is 14.1. The maximum Gasteiger partial charge on any atom is 0.263 e. The Morgan fingerprint density at radius 1 is 1.40 bits per heavy atom. The Morgan fingerprint density at radius 2 is 2.25 bits per heavy atom. The zero-order valence-electron chi connectivity index (χ0n) is 11.7. The zero-order valence-corrected chi connectivity index (χ0v) is 11.7. The van der Waals surface area contributed by atoms with E-state index in [-0.39, 0.29) is 6.04 Å². The molecule has 0 aliphatic carbocycles. The first-order valence-electron chi connectivity index (χ1n) is 6.66. The molecule has 0 amide bonds. The van der Waals surface area contributed by atoms with Crippen molar-refractivity contribution in [3.05, 3.63) is 12.0 Å². The third-order valence-electron chi connectivity index (χ3n) is 3.71. The van der Waals surface area contributed by atoms with Crippen LogP contribution in [0.2, 0.25) is 0 Å². The van der Waals surface area contributed by atoms with Crippen LogP contribution >= 0.6 is 0 Å². The van der Waals surface area contributed by atoms with Gasteiger partial charge in [-0.05, 0) is 33.6 Å². The Kier molecular flexibility index (Phi) is 3.41. The van der Waals surface area contributed by atoms with Crippen molar-refractivity contribution in [1.82, 2.24) is 30.1 Å². The molecule has 8 nitrogen and oxygen atoms in total. The topological polar surface area (TPSA) is 100 Å². The summed E-state index contributed by atoms with van der Waals surface area (Å²) >= 11 is 0. The smallest absolute Gasteiger partial charge is 0.263 e. The van der Waals surface area contributed by atoms with Crippen molar-refractivity contribution in [3.63, 3.8) is 0 Å². The highest BCUT2D eigenvalue weighted by molar-refractivity contribution is 5.65. The second-order valence-corrected chi connectivity index (χ2v) is 5.27. The summed E-state index contributed by atoms with van der Waals surface area (Å²) in [5, 5.41) is 10.6. The fourth-order valence-electron chi connectivity index (χ4n) is 2.50. The first-order valence-corrected chi connectivity index (χ1v) is 6.66. The molecule has 2 aromatic heterocycles. The van der Waals surface area contributed by atoms with Gasteiger partial charge in [0.15, 0.2) is 5.82 Å². The molecule has 2 aromatic rings. The van der Waals surface area contributed by atoms with E-state index in [4.69, 9.17) is 10.3 Å². The summed E-state index contributed by atoms with van der Waals surface area (Å²) in [6.07, 6.45) is 2.73. The fraction of sp³-hybridized carbons (Fsp3) is 0.583. The average Bonchev–Trinajstić information content (AvgIpc) is 3.00. The molecule has 20 heavy (non-hydrogen) atoms. The van der Waals surface area contributed by atoms with Gasteiger partial charge in [0.1, 0.15) is 11.4 Å². The lowest BCUT2D eigenvalue weighted by Gasteiger charge is -2.24. The molecular formula is C12H19N7O. The lowest BCUT2D eigenvalue weighted by molar-refractivity contribution is 0.215. The first-order chi connectivity index (χ1) is 9.65. The normalized spacial score (nSPS) is 22.0. The van der Waals surface area contributed by atoms with E-state index in [1.807, 2.05) is 0 Å². The van der Waals surface area contributed by atoms with Crippen molar-refractivity contribution in [2.75, 3.05) is 39.5 Å². The molecule has 108 valence electrons. The van der Waals surface area contributed by atoms with Gasteiger partial charge in [-0.25, -0.2) is 0 Å². The number of anilines is 1. The number of hydrogen-bond donors (Lipinski definition) is 2. The number of nitrogen functional groups attached to an aromatic ring is 1. The van der Waals surface area contributed by atoms with Crippen LogP contribution in [0.15, 0.2) is 10.7 Å². The molecule has 1 aliphatic heterocycles. The van der Waals surface area contributed by atoms with Gasteiger partial charge in [0.05, 0.1) is 12.2 Å². The third-order valence-corrected chi connectivity index (χ3v) is 3.71. The summed E-state index contributed by atoms with van der Waals surface area (Å²) in [6, 6.07) is 0.133. The molecule has 3 N–H and O–H groups in total. The van der Waals surface area contributed by atoms with Gasteiger partial charge in [0.25, 0.3) is 5.89 Å². The summed E-state index contributed by atoms with van der Waals surface area (Å²) in [7, 11) is 4.20. The van der Waals surface area contributed by atoms with Gasteiger partial charge in [-0.2, -0.15) is 10.1 Å². The Labute approximate surface area is 116 Å². The van der Waals surface area contributed by atoms with Crippen molar-refractivity contribution >= 4 is 5.82 Å². The van der Waals surface area contributed by atoms with Crippen molar-refractivity contribution in [2.24, 2.45) is 0 Å². The molecule has 0 aromatic carbocycles. The second kappa shape index (κ2) is 5.22. The molecule has 1 saturated heterocycles. The van der Waals surface area contributed by atoms with Crippen LogP contribution in [-0.4, -0.2) is 63.9 Å². The highest BCUT2D eigenvalue weighted by atomic mass is 16.5.